The van der Waals surface area contributed by atoms with Crippen molar-refractivity contribution in [2.45, 2.75) is 36.9 Å². The lowest BCUT2D eigenvalue weighted by atomic mass is 9.82. The lowest BCUT2D eigenvalue weighted by Gasteiger charge is -2.40. The maximum Gasteiger partial charge on any atom is 0.181 e. The smallest absolute Gasteiger partial charge is 0.181 e. The Hall–Kier alpha value is -1.64. The summed E-state index contributed by atoms with van der Waals surface area (Å²) in [6, 6.07) is 21.6. The van der Waals surface area contributed by atoms with E-state index in [4.69, 9.17) is 9.47 Å². The highest BCUT2D eigenvalue weighted by molar-refractivity contribution is 5.35. The Morgan fingerprint density at radius 1 is 0.708 bits per heavy atom. The highest BCUT2D eigenvalue weighted by Crippen LogP contribution is 2.64. The van der Waals surface area contributed by atoms with Gasteiger partial charge >= 0.3 is 0 Å². The summed E-state index contributed by atoms with van der Waals surface area (Å²) in [5.74, 6) is 1.23. The van der Waals surface area contributed by atoms with Gasteiger partial charge in [0, 0.05) is 26.1 Å². The zero-order valence-corrected chi connectivity index (χ0v) is 14.5. The molecule has 2 unspecified atom stereocenters. The van der Waals surface area contributed by atoms with E-state index in [1.807, 2.05) is 14.2 Å². The molecule has 24 heavy (non-hydrogen) atoms. The quantitative estimate of drug-likeness (QED) is 0.740. The molecule has 0 N–H and O–H groups in total. The molecule has 0 saturated heterocycles. The van der Waals surface area contributed by atoms with E-state index in [9.17, 15) is 0 Å². The second kappa shape index (κ2) is 6.34. The lowest BCUT2D eigenvalue weighted by molar-refractivity contribution is -0.226. The van der Waals surface area contributed by atoms with E-state index in [-0.39, 0.29) is 11.8 Å². The van der Waals surface area contributed by atoms with Crippen LogP contribution in [0.2, 0.25) is 0 Å². The zero-order chi connectivity index (χ0) is 16.6. The van der Waals surface area contributed by atoms with Gasteiger partial charge in [0.1, 0.15) is 0 Å². The van der Waals surface area contributed by atoms with Crippen LogP contribution in [0, 0.1) is 11.8 Å². The van der Waals surface area contributed by atoms with Gasteiger partial charge < -0.3 is 9.47 Å². The van der Waals surface area contributed by atoms with E-state index in [1.54, 1.807) is 0 Å². The van der Waals surface area contributed by atoms with Gasteiger partial charge in [-0.15, -0.1) is 0 Å². The van der Waals surface area contributed by atoms with Crippen molar-refractivity contribution in [1.29, 1.82) is 0 Å². The summed E-state index contributed by atoms with van der Waals surface area (Å²) in [5, 5.41) is 0. The van der Waals surface area contributed by atoms with Crippen LogP contribution in [0.5, 0.6) is 0 Å². The number of benzene rings is 2. The molecule has 0 aromatic heterocycles. The predicted molar refractivity (Wildman–Crippen MR) is 95.9 cm³/mol. The molecule has 2 heteroatoms. The third-order valence-corrected chi connectivity index (χ3v) is 6.30. The van der Waals surface area contributed by atoms with Crippen molar-refractivity contribution in [2.24, 2.45) is 11.8 Å². The highest BCUT2D eigenvalue weighted by atomic mass is 16.7. The maximum atomic E-state index is 6.20. The van der Waals surface area contributed by atoms with Crippen LogP contribution in [0.4, 0.5) is 0 Å². The van der Waals surface area contributed by atoms with Crippen LogP contribution in [0.15, 0.2) is 60.7 Å². The zero-order valence-electron chi connectivity index (χ0n) is 14.5. The first-order chi connectivity index (χ1) is 11.8. The fraction of sp³-hybridized carbons (Fsp3) is 0.455. The fourth-order valence-electron chi connectivity index (χ4n) is 5.51. The van der Waals surface area contributed by atoms with Crippen LogP contribution in [-0.2, 0) is 9.47 Å². The van der Waals surface area contributed by atoms with Crippen LogP contribution in [-0.4, -0.2) is 20.0 Å². The van der Waals surface area contributed by atoms with E-state index in [2.05, 4.69) is 60.7 Å². The minimum absolute atomic E-state index is 0.284. The first-order valence-electron chi connectivity index (χ1n) is 9.02. The molecule has 4 atom stereocenters. The van der Waals surface area contributed by atoms with Crippen LogP contribution in [0.25, 0.3) is 0 Å². The Morgan fingerprint density at radius 3 is 1.50 bits per heavy atom. The van der Waals surface area contributed by atoms with Crippen molar-refractivity contribution in [3.8, 4) is 0 Å². The number of hydrogen-bond acceptors (Lipinski definition) is 2. The maximum absolute atomic E-state index is 6.20. The van der Waals surface area contributed by atoms with Gasteiger partial charge in [-0.1, -0.05) is 67.1 Å². The molecule has 0 amide bonds. The van der Waals surface area contributed by atoms with Crippen molar-refractivity contribution < 1.29 is 9.47 Å². The molecule has 2 fully saturated rings. The molecule has 0 radical (unpaired) electrons. The van der Waals surface area contributed by atoms with E-state index in [0.717, 1.165) is 0 Å². The minimum Gasteiger partial charge on any atom is -0.352 e. The second-order valence-corrected chi connectivity index (χ2v) is 7.16. The van der Waals surface area contributed by atoms with Gasteiger partial charge in [0.05, 0.1) is 0 Å². The molecule has 2 aromatic carbocycles. The minimum atomic E-state index is -0.585. The van der Waals surface area contributed by atoms with Gasteiger partial charge in [0.15, 0.2) is 5.79 Å². The molecule has 0 spiro atoms. The summed E-state index contributed by atoms with van der Waals surface area (Å²) in [7, 11) is 3.63. The van der Waals surface area contributed by atoms with Gasteiger partial charge in [0.2, 0.25) is 0 Å². The van der Waals surface area contributed by atoms with Crippen LogP contribution < -0.4 is 0 Å². The summed E-state index contributed by atoms with van der Waals surface area (Å²) in [6.45, 7) is 0. The molecule has 126 valence electrons. The van der Waals surface area contributed by atoms with Crippen LogP contribution in [0.1, 0.15) is 42.2 Å². The molecular formula is C22H26O2. The second-order valence-electron chi connectivity index (χ2n) is 7.16. The van der Waals surface area contributed by atoms with Gasteiger partial charge in [-0.25, -0.2) is 0 Å². The predicted octanol–water partition coefficient (Wildman–Crippen LogP) is 4.97. The Balaban J connectivity index is 1.87. The topological polar surface area (TPSA) is 18.5 Å². The van der Waals surface area contributed by atoms with Gasteiger partial charge in [-0.2, -0.15) is 0 Å². The van der Waals surface area contributed by atoms with Crippen molar-refractivity contribution in [3.63, 3.8) is 0 Å². The Morgan fingerprint density at radius 2 is 1.12 bits per heavy atom. The molecule has 2 aliphatic carbocycles. The third kappa shape index (κ3) is 2.24. The molecule has 2 nitrogen and oxygen atoms in total. The number of fused-ring (bicyclic) bond motifs is 1. The summed E-state index contributed by atoms with van der Waals surface area (Å²) in [6.07, 6.45) is 3.84. The standard InChI is InChI=1S/C22H26O2/c1-23-22(24-2)20(16-10-5-3-6-11-16)18-14-9-15-19(18)21(22)17-12-7-4-8-13-17/h3-8,10-13,18-21H,9,14-15H2,1-2H3/t18-,19+,20?,21?. The van der Waals surface area contributed by atoms with Gasteiger partial charge in [-0.3, -0.25) is 0 Å². The number of ether oxygens (including phenoxy) is 2. The fourth-order valence-corrected chi connectivity index (χ4v) is 5.51. The molecule has 4 rings (SSSR count). The Labute approximate surface area is 144 Å². The van der Waals surface area contributed by atoms with E-state index < -0.39 is 5.79 Å². The van der Waals surface area contributed by atoms with Crippen LogP contribution >= 0.6 is 0 Å². The molecule has 0 bridgehead atoms. The lowest BCUT2D eigenvalue weighted by Crippen LogP contribution is -2.43. The normalized spacial score (nSPS) is 31.1. The molecule has 2 aromatic rings. The summed E-state index contributed by atoms with van der Waals surface area (Å²) >= 11 is 0. The molecule has 2 aliphatic rings. The van der Waals surface area contributed by atoms with E-state index >= 15 is 0 Å². The molecule has 2 saturated carbocycles. The van der Waals surface area contributed by atoms with E-state index in [0.29, 0.717) is 11.8 Å². The van der Waals surface area contributed by atoms with E-state index in [1.165, 1.54) is 30.4 Å². The summed E-state index contributed by atoms with van der Waals surface area (Å²) < 4.78 is 12.4. The van der Waals surface area contributed by atoms with Crippen LogP contribution in [0.3, 0.4) is 0 Å². The molecular weight excluding hydrogens is 296 g/mol. The Kier molecular flexibility index (Phi) is 4.19. The average Bonchev–Trinajstić information content (AvgIpc) is 3.20. The van der Waals surface area contributed by atoms with Crippen molar-refractivity contribution in [2.75, 3.05) is 14.2 Å². The third-order valence-electron chi connectivity index (χ3n) is 6.30. The van der Waals surface area contributed by atoms with Gasteiger partial charge in [-0.05, 0) is 35.8 Å². The SMILES string of the molecule is COC1(OC)C(c2ccccc2)[C@H]2CCC[C@H]2C1c1ccccc1. The monoisotopic (exact) mass is 322 g/mol. The van der Waals surface area contributed by atoms with Crippen molar-refractivity contribution in [3.05, 3.63) is 71.8 Å². The van der Waals surface area contributed by atoms with Gasteiger partial charge in [0.25, 0.3) is 0 Å². The summed E-state index contributed by atoms with van der Waals surface area (Å²) in [5.41, 5.74) is 2.69. The van der Waals surface area contributed by atoms with Crippen molar-refractivity contribution >= 4 is 0 Å². The first kappa shape index (κ1) is 15.9. The number of rotatable bonds is 4. The number of hydrogen-bond donors (Lipinski definition) is 0. The summed E-state index contributed by atoms with van der Waals surface area (Å²) in [4.78, 5) is 0. The first-order valence-corrected chi connectivity index (χ1v) is 9.02. The van der Waals surface area contributed by atoms with Crippen molar-refractivity contribution in [1.82, 2.24) is 0 Å². The number of methoxy groups -OCH3 is 2. The molecule has 0 aliphatic heterocycles. The molecule has 0 heterocycles. The Bertz CT molecular complexity index is 607. The highest BCUT2D eigenvalue weighted by Gasteiger charge is 2.63. The average molecular weight is 322 g/mol. The largest absolute Gasteiger partial charge is 0.352 e.